The van der Waals surface area contributed by atoms with E-state index >= 15 is 0 Å². The summed E-state index contributed by atoms with van der Waals surface area (Å²) in [5.74, 6) is -6.11. The highest BCUT2D eigenvalue weighted by Crippen LogP contribution is 2.55. The summed E-state index contributed by atoms with van der Waals surface area (Å²) >= 11 is 0. The number of ether oxygens (including phenoxy) is 4. The molecule has 9 atom stereocenters. The van der Waals surface area contributed by atoms with Crippen molar-refractivity contribution in [3.63, 3.8) is 0 Å². The first kappa shape index (κ1) is 37.7. The summed E-state index contributed by atoms with van der Waals surface area (Å²) < 4.78 is 23.4. The highest BCUT2D eigenvalue weighted by Gasteiger charge is 2.50. The van der Waals surface area contributed by atoms with E-state index in [-0.39, 0.29) is 68.6 Å². The number of carbonyl (C=O) groups is 2. The average Bonchev–Trinajstić information content (AvgIpc) is 3.36. The van der Waals surface area contributed by atoms with Gasteiger partial charge in [-0.15, -0.1) is 0 Å². The number of rotatable bonds is 2. The number of phenolic OH excluding ortho intramolecular Hbond substituents is 3. The quantitative estimate of drug-likeness (QED) is 0.137. The number of hydrogen-bond acceptors (Lipinski definition) is 13. The van der Waals surface area contributed by atoms with Crippen molar-refractivity contribution in [2.24, 2.45) is 28.7 Å². The molecular weight excluding hydrogens is 660 g/mol. The van der Waals surface area contributed by atoms with E-state index in [0.29, 0.717) is 11.4 Å². The first-order valence-electron chi connectivity index (χ1n) is 17.0. The molecule has 6 N–H and O–H groups in total. The second-order valence-electron chi connectivity index (χ2n) is 14.0. The minimum atomic E-state index is -1.95. The molecule has 5 heterocycles. The van der Waals surface area contributed by atoms with Gasteiger partial charge in [-0.2, -0.15) is 0 Å². The van der Waals surface area contributed by atoms with Gasteiger partial charge in [-0.1, -0.05) is 45.9 Å². The Hall–Kier alpha value is -4.59. The zero-order valence-electron chi connectivity index (χ0n) is 30.3. The summed E-state index contributed by atoms with van der Waals surface area (Å²) in [4.78, 5) is 30.9. The Morgan fingerprint density at radius 1 is 0.980 bits per heavy atom. The van der Waals surface area contributed by atoms with Crippen LogP contribution in [0.1, 0.15) is 70.0 Å². The van der Waals surface area contributed by atoms with Crippen molar-refractivity contribution in [1.82, 2.24) is 0 Å². The number of esters is 1. The van der Waals surface area contributed by atoms with Crippen molar-refractivity contribution in [1.29, 1.82) is 0 Å². The number of Topliss-reactive ketones (excluding diaryl/α,β-unsaturated/α-hetero) is 1. The number of aliphatic imine (C=N–C) groups is 1. The van der Waals surface area contributed by atoms with Gasteiger partial charge in [0, 0.05) is 61.1 Å². The number of nitrogens with zero attached hydrogens (tertiary/aromatic N) is 1. The third-order valence-electron chi connectivity index (χ3n) is 10.5. The number of benzene rings is 2. The highest BCUT2D eigenvalue weighted by atomic mass is 16.7. The third kappa shape index (κ3) is 6.54. The second-order valence-corrected chi connectivity index (χ2v) is 14.0. The molecule has 13 nitrogen and oxygen atoms in total. The Kier molecular flexibility index (Phi) is 10.5. The van der Waals surface area contributed by atoms with Crippen LogP contribution in [0, 0.1) is 30.6 Å². The number of carbonyl (C=O) groups excluding carboxylic acids is 2. The molecule has 5 aliphatic heterocycles. The fourth-order valence-corrected chi connectivity index (χ4v) is 7.27. The van der Waals surface area contributed by atoms with E-state index in [1.165, 1.54) is 40.2 Å². The Labute approximate surface area is 296 Å². The summed E-state index contributed by atoms with van der Waals surface area (Å²) in [5, 5.41) is 60.0. The molecule has 0 spiro atoms. The first-order valence-corrected chi connectivity index (χ1v) is 17.0. The zero-order chi connectivity index (χ0) is 37.7. The lowest BCUT2D eigenvalue weighted by atomic mass is 9.78. The van der Waals surface area contributed by atoms with Gasteiger partial charge in [0.15, 0.2) is 5.75 Å². The van der Waals surface area contributed by atoms with Crippen molar-refractivity contribution in [3.8, 4) is 23.0 Å². The number of ketones is 1. The van der Waals surface area contributed by atoms with E-state index in [0.717, 1.165) is 0 Å². The summed E-state index contributed by atoms with van der Waals surface area (Å²) in [6.45, 7) is 13.0. The molecule has 276 valence electrons. The van der Waals surface area contributed by atoms with Gasteiger partial charge >= 0.3 is 11.8 Å². The lowest BCUT2D eigenvalue weighted by Crippen LogP contribution is -2.46. The van der Waals surface area contributed by atoms with Crippen molar-refractivity contribution in [2.75, 3.05) is 12.4 Å². The summed E-state index contributed by atoms with van der Waals surface area (Å²) in [6, 6.07) is 0. The molecule has 0 radical (unpaired) electrons. The minimum Gasteiger partial charge on any atom is -0.507 e. The number of allylic oxidation sites excluding steroid dienone is 2. The molecule has 2 aromatic carbocycles. The maximum Gasteiger partial charge on any atom is 0.312 e. The van der Waals surface area contributed by atoms with Crippen LogP contribution in [0.15, 0.2) is 41.1 Å². The third-order valence-corrected chi connectivity index (χ3v) is 10.5. The number of methoxy groups -OCH3 is 1. The molecule has 0 fully saturated rings. The maximum atomic E-state index is 14.1. The van der Waals surface area contributed by atoms with Gasteiger partial charge in [0.25, 0.3) is 5.78 Å². The summed E-state index contributed by atoms with van der Waals surface area (Å²) in [6.07, 6.45) is 4.43. The Bertz CT molecular complexity index is 1860. The molecule has 7 bridgehead atoms. The number of anilines is 1. The minimum absolute atomic E-state index is 0.0143. The van der Waals surface area contributed by atoms with Gasteiger partial charge in [-0.25, -0.2) is 0 Å². The smallest absolute Gasteiger partial charge is 0.312 e. The van der Waals surface area contributed by atoms with Crippen molar-refractivity contribution < 1.29 is 54.1 Å². The fourth-order valence-electron chi connectivity index (χ4n) is 7.27. The maximum absolute atomic E-state index is 14.1. The number of aliphatic hydroxyl groups is 2. The fraction of sp³-hybridized carbons (Fsp3) is 0.500. The number of hydrogen-bond donors (Lipinski definition) is 6. The van der Waals surface area contributed by atoms with Crippen LogP contribution in [-0.2, 0) is 25.5 Å². The van der Waals surface area contributed by atoms with Crippen molar-refractivity contribution in [2.45, 2.75) is 92.1 Å². The van der Waals surface area contributed by atoms with E-state index in [4.69, 9.17) is 18.9 Å². The van der Waals surface area contributed by atoms with Crippen LogP contribution in [0.25, 0.3) is 10.8 Å². The van der Waals surface area contributed by atoms with Crippen LogP contribution in [0.5, 0.6) is 23.0 Å². The van der Waals surface area contributed by atoms with Crippen molar-refractivity contribution >= 4 is 34.0 Å². The number of aliphatic hydroxyl groups excluding tert-OH is 2. The molecule has 0 aliphatic carbocycles. The summed E-state index contributed by atoms with van der Waals surface area (Å²) in [7, 11) is 1.45. The normalized spacial score (nSPS) is 33.5. The van der Waals surface area contributed by atoms with E-state index in [1.54, 1.807) is 45.9 Å². The SMILES string of the molecule is COC1/C=C/OC2(C)Oc3c(C)c(O)c4c(O)c5c(c(O)c4c3C2=O)CN=C(N5)/C(C)=C/C=C/C(C)C(O)C(C)C(O)C(C)C(OC(C)=O)C1C. The van der Waals surface area contributed by atoms with E-state index in [9.17, 15) is 35.1 Å². The Morgan fingerprint density at radius 3 is 2.31 bits per heavy atom. The van der Waals surface area contributed by atoms with Gasteiger partial charge < -0.3 is 49.8 Å². The van der Waals surface area contributed by atoms with Gasteiger partial charge in [0.1, 0.15) is 29.2 Å². The number of fused-ring (bicyclic) bond motifs is 1. The van der Waals surface area contributed by atoms with E-state index in [1.807, 2.05) is 6.92 Å². The number of phenols is 3. The van der Waals surface area contributed by atoms with Gasteiger partial charge in [-0.3, -0.25) is 14.6 Å². The van der Waals surface area contributed by atoms with Crippen molar-refractivity contribution in [3.05, 3.63) is 52.8 Å². The molecule has 0 aromatic heterocycles. The Morgan fingerprint density at radius 2 is 1.67 bits per heavy atom. The topological polar surface area (TPSA) is 197 Å². The standard InChI is InChI=1S/C38H48N2O11/c1-16-11-10-12-17(2)37-39-15-23-28(40-37)33(46)26-25(32(23)45)27-35(21(6)31(26)44)51-38(8,36(27)47)49-14-13-24(48-9)18(3)34(50-22(7)41)20(5)30(43)19(4)29(16)42/h10-14,16,18-20,24,29-30,34,42-46H,15H2,1-9H3,(H,39,40)/b11-10+,14-13+,17-12+. The van der Waals surface area contributed by atoms with Crippen LogP contribution in [0.2, 0.25) is 0 Å². The molecule has 5 aliphatic rings. The second kappa shape index (κ2) is 14.2. The van der Waals surface area contributed by atoms with E-state index < -0.39 is 59.7 Å². The Balaban J connectivity index is 1.66. The molecule has 0 saturated heterocycles. The molecule has 13 heteroatoms. The largest absolute Gasteiger partial charge is 0.507 e. The lowest BCUT2D eigenvalue weighted by Gasteiger charge is -2.38. The van der Waals surface area contributed by atoms with Crippen LogP contribution < -0.4 is 10.1 Å². The molecule has 51 heavy (non-hydrogen) atoms. The average molecular weight is 709 g/mol. The molecule has 0 amide bonds. The number of amidine groups is 1. The first-order chi connectivity index (χ1) is 23.9. The predicted octanol–water partition coefficient (Wildman–Crippen LogP) is 5.14. The molecule has 2 aromatic rings. The monoisotopic (exact) mass is 708 g/mol. The van der Waals surface area contributed by atoms with Crippen LogP contribution in [0.4, 0.5) is 5.69 Å². The molecule has 0 saturated carbocycles. The van der Waals surface area contributed by atoms with Gasteiger partial charge in [-0.05, 0) is 25.5 Å². The van der Waals surface area contributed by atoms with Crippen LogP contribution in [-0.4, -0.2) is 80.4 Å². The predicted molar refractivity (Wildman–Crippen MR) is 190 cm³/mol. The van der Waals surface area contributed by atoms with E-state index in [2.05, 4.69) is 10.3 Å². The summed E-state index contributed by atoms with van der Waals surface area (Å²) in [5.41, 5.74) is 1.09. The van der Waals surface area contributed by atoms with Gasteiger partial charge in [0.2, 0.25) is 0 Å². The zero-order valence-corrected chi connectivity index (χ0v) is 30.3. The molecular formula is C38H48N2O11. The molecule has 7 rings (SSSR count). The van der Waals surface area contributed by atoms with Gasteiger partial charge in [0.05, 0.1) is 47.8 Å². The van der Waals surface area contributed by atoms with Crippen LogP contribution >= 0.6 is 0 Å². The van der Waals surface area contributed by atoms with Crippen LogP contribution in [0.3, 0.4) is 0 Å². The highest BCUT2D eigenvalue weighted by molar-refractivity contribution is 6.22. The molecule has 9 unspecified atom stereocenters. The number of aromatic hydroxyl groups is 3. The lowest BCUT2D eigenvalue weighted by molar-refractivity contribution is -0.160. The number of nitrogens with one attached hydrogen (secondary N) is 1.